The van der Waals surface area contributed by atoms with Crippen molar-refractivity contribution in [2.45, 2.75) is 19.8 Å². The van der Waals surface area contributed by atoms with Crippen molar-refractivity contribution in [1.29, 1.82) is 0 Å². The van der Waals surface area contributed by atoms with Gasteiger partial charge in [-0.15, -0.1) is 0 Å². The topological polar surface area (TPSA) is 28.2 Å². The van der Waals surface area contributed by atoms with E-state index in [1.54, 1.807) is 7.05 Å². The molecule has 0 bridgehead atoms. The van der Waals surface area contributed by atoms with Gasteiger partial charge in [-0.05, 0) is 18.8 Å². The van der Waals surface area contributed by atoms with Crippen LogP contribution in [0.3, 0.4) is 0 Å². The first kappa shape index (κ1) is 12.1. The Labute approximate surface area is 99.8 Å². The van der Waals surface area contributed by atoms with Crippen LogP contribution in [0.1, 0.15) is 19.8 Å². The molecule has 2 heterocycles. The first-order chi connectivity index (χ1) is 8.11. The fraction of sp³-hybridized carbons (Fsp3) is 0.583. The summed E-state index contributed by atoms with van der Waals surface area (Å²) in [5.74, 6) is -0.226. The van der Waals surface area contributed by atoms with Crippen LogP contribution in [0.2, 0.25) is 0 Å². The van der Waals surface area contributed by atoms with Crippen molar-refractivity contribution >= 4 is 11.6 Å². The summed E-state index contributed by atoms with van der Waals surface area (Å²) >= 11 is 0. The molecule has 1 aliphatic rings. The number of piperidine rings is 1. The number of rotatable bonds is 2. The van der Waals surface area contributed by atoms with Gasteiger partial charge in [-0.25, -0.2) is 13.8 Å². The lowest BCUT2D eigenvalue weighted by Crippen LogP contribution is -2.34. The maximum absolute atomic E-state index is 13.7. The molecule has 1 aliphatic heterocycles. The highest BCUT2D eigenvalue weighted by Gasteiger charge is 2.21. The van der Waals surface area contributed by atoms with Crippen LogP contribution in [0.15, 0.2) is 6.07 Å². The second-order valence-corrected chi connectivity index (χ2v) is 4.54. The third kappa shape index (κ3) is 2.48. The summed E-state index contributed by atoms with van der Waals surface area (Å²) in [5.41, 5.74) is 0. The van der Waals surface area contributed by atoms with Crippen LogP contribution in [0.25, 0.3) is 0 Å². The van der Waals surface area contributed by atoms with Crippen molar-refractivity contribution in [3.63, 3.8) is 0 Å². The zero-order valence-electron chi connectivity index (χ0n) is 10.1. The molecule has 2 rings (SSSR count). The molecule has 1 N–H and O–H groups in total. The Hall–Kier alpha value is -1.39. The number of hydrogen-bond acceptors (Lipinski definition) is 3. The molecule has 0 spiro atoms. The molecule has 0 saturated carbocycles. The van der Waals surface area contributed by atoms with E-state index in [0.29, 0.717) is 5.92 Å². The van der Waals surface area contributed by atoms with E-state index in [2.05, 4.69) is 17.2 Å². The summed E-state index contributed by atoms with van der Waals surface area (Å²) < 4.78 is 27.0. The van der Waals surface area contributed by atoms with Gasteiger partial charge in [0.05, 0.1) is 0 Å². The van der Waals surface area contributed by atoms with Crippen LogP contribution in [0.4, 0.5) is 20.4 Å². The molecule has 17 heavy (non-hydrogen) atoms. The fourth-order valence-corrected chi connectivity index (χ4v) is 2.07. The summed E-state index contributed by atoms with van der Waals surface area (Å²) in [7, 11) is 1.57. The van der Waals surface area contributed by atoms with E-state index in [0.717, 1.165) is 32.0 Å². The minimum atomic E-state index is -0.654. The Balaban J connectivity index is 2.25. The van der Waals surface area contributed by atoms with Gasteiger partial charge in [-0.1, -0.05) is 6.92 Å². The number of nitrogens with zero attached hydrogens (tertiary/aromatic N) is 2. The largest absolute Gasteiger partial charge is 0.371 e. The summed E-state index contributed by atoms with van der Waals surface area (Å²) in [4.78, 5) is 5.89. The molecule has 0 atom stereocenters. The van der Waals surface area contributed by atoms with Gasteiger partial charge >= 0.3 is 0 Å². The lowest BCUT2D eigenvalue weighted by Gasteiger charge is -2.31. The highest BCUT2D eigenvalue weighted by Crippen LogP contribution is 2.26. The standard InChI is InChI=1S/C12H17F2N3/c1-8-3-5-17(6-4-8)12-10(14)7-9(13)11(15-2)16-12/h7-8H,3-6H2,1-2H3,(H,15,16). The molecule has 0 unspecified atom stereocenters. The zero-order valence-corrected chi connectivity index (χ0v) is 10.1. The molecule has 1 fully saturated rings. The maximum atomic E-state index is 13.7. The molecule has 3 nitrogen and oxygen atoms in total. The van der Waals surface area contributed by atoms with Gasteiger partial charge in [-0.3, -0.25) is 0 Å². The Morgan fingerprint density at radius 3 is 2.53 bits per heavy atom. The average Bonchev–Trinajstić information content (AvgIpc) is 2.31. The van der Waals surface area contributed by atoms with Crippen molar-refractivity contribution in [3.05, 3.63) is 17.7 Å². The van der Waals surface area contributed by atoms with E-state index < -0.39 is 11.6 Å². The van der Waals surface area contributed by atoms with Crippen molar-refractivity contribution in [1.82, 2.24) is 4.98 Å². The normalized spacial score (nSPS) is 17.3. The second kappa shape index (κ2) is 4.85. The number of halogens is 2. The number of aromatic nitrogens is 1. The summed E-state index contributed by atoms with van der Waals surface area (Å²) in [6.45, 7) is 3.74. The monoisotopic (exact) mass is 241 g/mol. The lowest BCUT2D eigenvalue weighted by molar-refractivity contribution is 0.431. The van der Waals surface area contributed by atoms with Gasteiger partial charge in [-0.2, -0.15) is 0 Å². The highest BCUT2D eigenvalue weighted by atomic mass is 19.1. The lowest BCUT2D eigenvalue weighted by atomic mass is 9.99. The van der Waals surface area contributed by atoms with Gasteiger partial charge in [0.25, 0.3) is 0 Å². The second-order valence-electron chi connectivity index (χ2n) is 4.54. The molecule has 1 aromatic rings. The molecule has 0 radical (unpaired) electrons. The van der Waals surface area contributed by atoms with Crippen LogP contribution in [-0.4, -0.2) is 25.1 Å². The van der Waals surface area contributed by atoms with Crippen LogP contribution in [-0.2, 0) is 0 Å². The zero-order chi connectivity index (χ0) is 12.4. The molecule has 1 saturated heterocycles. The van der Waals surface area contributed by atoms with E-state index >= 15 is 0 Å². The van der Waals surface area contributed by atoms with Gasteiger partial charge in [0.2, 0.25) is 0 Å². The first-order valence-electron chi connectivity index (χ1n) is 5.90. The van der Waals surface area contributed by atoms with Crippen molar-refractivity contribution in [2.75, 3.05) is 30.4 Å². The molecular formula is C12H17F2N3. The van der Waals surface area contributed by atoms with Crippen LogP contribution in [0.5, 0.6) is 0 Å². The Morgan fingerprint density at radius 2 is 1.94 bits per heavy atom. The van der Waals surface area contributed by atoms with Crippen LogP contribution in [0, 0.1) is 17.6 Å². The van der Waals surface area contributed by atoms with E-state index in [9.17, 15) is 8.78 Å². The van der Waals surface area contributed by atoms with Crippen LogP contribution >= 0.6 is 0 Å². The van der Waals surface area contributed by atoms with E-state index in [1.807, 2.05) is 4.90 Å². The van der Waals surface area contributed by atoms with Gasteiger partial charge in [0, 0.05) is 26.2 Å². The van der Waals surface area contributed by atoms with Crippen molar-refractivity contribution in [3.8, 4) is 0 Å². The number of hydrogen-bond donors (Lipinski definition) is 1. The number of pyridine rings is 1. The quantitative estimate of drug-likeness (QED) is 0.862. The van der Waals surface area contributed by atoms with Crippen molar-refractivity contribution in [2.24, 2.45) is 5.92 Å². The molecule has 94 valence electrons. The summed E-state index contributed by atoms with van der Waals surface area (Å²) in [6, 6.07) is 0.895. The third-order valence-corrected chi connectivity index (χ3v) is 3.23. The molecule has 0 aliphatic carbocycles. The molecule has 1 aromatic heterocycles. The summed E-state index contributed by atoms with van der Waals surface area (Å²) in [5, 5.41) is 2.63. The highest BCUT2D eigenvalue weighted by molar-refractivity contribution is 5.49. The van der Waals surface area contributed by atoms with Crippen molar-refractivity contribution < 1.29 is 8.78 Å². The Bertz CT molecular complexity index is 401. The van der Waals surface area contributed by atoms with Gasteiger partial charge in [0.15, 0.2) is 23.3 Å². The minimum Gasteiger partial charge on any atom is -0.371 e. The molecular weight excluding hydrogens is 224 g/mol. The average molecular weight is 241 g/mol. The predicted octanol–water partition coefficient (Wildman–Crippen LogP) is 2.64. The van der Waals surface area contributed by atoms with E-state index in [4.69, 9.17) is 0 Å². The third-order valence-electron chi connectivity index (χ3n) is 3.23. The molecule has 0 aromatic carbocycles. The number of anilines is 2. The summed E-state index contributed by atoms with van der Waals surface area (Å²) in [6.07, 6.45) is 2.04. The number of nitrogens with one attached hydrogen (secondary N) is 1. The predicted molar refractivity (Wildman–Crippen MR) is 64.3 cm³/mol. The van der Waals surface area contributed by atoms with Gasteiger partial charge < -0.3 is 10.2 Å². The van der Waals surface area contributed by atoms with E-state index in [1.165, 1.54) is 0 Å². The SMILES string of the molecule is CNc1nc(N2CCC(C)CC2)c(F)cc1F. The van der Waals surface area contributed by atoms with Crippen LogP contribution < -0.4 is 10.2 Å². The Kier molecular flexibility index (Phi) is 3.45. The molecule has 0 amide bonds. The fourth-order valence-electron chi connectivity index (χ4n) is 2.07. The maximum Gasteiger partial charge on any atom is 0.168 e. The first-order valence-corrected chi connectivity index (χ1v) is 5.90. The molecule has 5 heteroatoms. The smallest absolute Gasteiger partial charge is 0.168 e. The Morgan fingerprint density at radius 1 is 1.29 bits per heavy atom. The van der Waals surface area contributed by atoms with Gasteiger partial charge in [0.1, 0.15) is 0 Å². The minimum absolute atomic E-state index is 0.0972. The van der Waals surface area contributed by atoms with E-state index in [-0.39, 0.29) is 11.6 Å².